The van der Waals surface area contributed by atoms with Gasteiger partial charge in [0.25, 0.3) is 0 Å². The maximum absolute atomic E-state index is 9.39. The van der Waals surface area contributed by atoms with Gasteiger partial charge in [0.15, 0.2) is 0 Å². The molecular weight excluding hydrogens is 246 g/mol. The maximum Gasteiger partial charge on any atom is 0.115 e. The van der Waals surface area contributed by atoms with E-state index in [0.717, 1.165) is 16.1 Å². The Hall–Kier alpha value is -1.51. The van der Waals surface area contributed by atoms with Gasteiger partial charge in [-0.1, -0.05) is 41.9 Å². The minimum Gasteiger partial charge on any atom is -0.508 e. The van der Waals surface area contributed by atoms with Gasteiger partial charge in [0.2, 0.25) is 0 Å². The molecule has 0 aliphatic heterocycles. The van der Waals surface area contributed by atoms with Crippen molar-refractivity contribution in [2.24, 2.45) is 0 Å². The van der Waals surface area contributed by atoms with E-state index < -0.39 is 0 Å². The van der Waals surface area contributed by atoms with Crippen molar-refractivity contribution in [2.75, 3.05) is 0 Å². The predicted octanol–water partition coefficient (Wildman–Crippen LogP) is 3.90. The van der Waals surface area contributed by atoms with Crippen LogP contribution in [0.25, 0.3) is 0 Å². The van der Waals surface area contributed by atoms with E-state index in [1.165, 1.54) is 0 Å². The van der Waals surface area contributed by atoms with Crippen LogP contribution in [0.1, 0.15) is 24.1 Å². The molecule has 0 heterocycles. The van der Waals surface area contributed by atoms with Gasteiger partial charge in [0.05, 0.1) is 0 Å². The third-order valence-electron chi connectivity index (χ3n) is 2.89. The van der Waals surface area contributed by atoms with E-state index in [-0.39, 0.29) is 6.04 Å². The fourth-order valence-electron chi connectivity index (χ4n) is 1.87. The first kappa shape index (κ1) is 12.9. The SMILES string of the molecule is C[C@H](NCc1cccc(O)c1)c1ccccc1Cl. The average Bonchev–Trinajstić information content (AvgIpc) is 2.37. The Balaban J connectivity index is 2.00. The van der Waals surface area contributed by atoms with Gasteiger partial charge >= 0.3 is 0 Å². The quantitative estimate of drug-likeness (QED) is 0.875. The fourth-order valence-corrected chi connectivity index (χ4v) is 2.17. The molecule has 0 unspecified atom stereocenters. The number of nitrogens with one attached hydrogen (secondary N) is 1. The van der Waals surface area contributed by atoms with Crippen LogP contribution in [-0.4, -0.2) is 5.11 Å². The summed E-state index contributed by atoms with van der Waals surface area (Å²) in [6.45, 7) is 2.77. The van der Waals surface area contributed by atoms with Gasteiger partial charge in [-0.15, -0.1) is 0 Å². The molecule has 94 valence electrons. The number of rotatable bonds is 4. The summed E-state index contributed by atoms with van der Waals surface area (Å²) in [5.41, 5.74) is 2.13. The van der Waals surface area contributed by atoms with Crippen molar-refractivity contribution in [1.82, 2.24) is 5.32 Å². The largest absolute Gasteiger partial charge is 0.508 e. The van der Waals surface area contributed by atoms with Gasteiger partial charge < -0.3 is 10.4 Å². The van der Waals surface area contributed by atoms with Gasteiger partial charge in [0, 0.05) is 17.6 Å². The molecule has 0 spiro atoms. The molecule has 18 heavy (non-hydrogen) atoms. The molecule has 2 nitrogen and oxygen atoms in total. The molecule has 2 N–H and O–H groups in total. The number of hydrogen-bond donors (Lipinski definition) is 2. The second-order valence-electron chi connectivity index (χ2n) is 4.29. The molecule has 0 aromatic heterocycles. The van der Waals surface area contributed by atoms with Crippen LogP contribution in [0, 0.1) is 0 Å². The Morgan fingerprint density at radius 1 is 1.17 bits per heavy atom. The number of hydrogen-bond acceptors (Lipinski definition) is 2. The molecule has 0 amide bonds. The fraction of sp³-hybridized carbons (Fsp3) is 0.200. The number of aromatic hydroxyl groups is 1. The highest BCUT2D eigenvalue weighted by Crippen LogP contribution is 2.22. The topological polar surface area (TPSA) is 32.3 Å². The average molecular weight is 262 g/mol. The van der Waals surface area contributed by atoms with E-state index in [1.54, 1.807) is 12.1 Å². The Bertz CT molecular complexity index is 527. The zero-order valence-electron chi connectivity index (χ0n) is 10.2. The molecular formula is C15H16ClNO. The van der Waals surface area contributed by atoms with Crippen LogP contribution < -0.4 is 5.32 Å². The Kier molecular flexibility index (Phi) is 4.24. The van der Waals surface area contributed by atoms with Crippen molar-refractivity contribution >= 4 is 11.6 Å². The number of benzene rings is 2. The first-order chi connectivity index (χ1) is 8.66. The van der Waals surface area contributed by atoms with E-state index in [9.17, 15) is 5.11 Å². The van der Waals surface area contributed by atoms with Crippen molar-refractivity contribution in [2.45, 2.75) is 19.5 Å². The molecule has 2 aromatic carbocycles. The molecule has 1 atom stereocenters. The smallest absolute Gasteiger partial charge is 0.115 e. The zero-order valence-corrected chi connectivity index (χ0v) is 11.0. The summed E-state index contributed by atoms with van der Waals surface area (Å²) in [7, 11) is 0. The lowest BCUT2D eigenvalue weighted by molar-refractivity contribution is 0.473. The first-order valence-electron chi connectivity index (χ1n) is 5.92. The summed E-state index contributed by atoms with van der Waals surface area (Å²) in [5.74, 6) is 0.291. The lowest BCUT2D eigenvalue weighted by Gasteiger charge is -2.15. The molecule has 0 bridgehead atoms. The molecule has 0 radical (unpaired) electrons. The maximum atomic E-state index is 9.39. The van der Waals surface area contributed by atoms with Crippen molar-refractivity contribution in [3.05, 3.63) is 64.7 Å². The van der Waals surface area contributed by atoms with Crippen molar-refractivity contribution in [1.29, 1.82) is 0 Å². The van der Waals surface area contributed by atoms with Crippen LogP contribution in [0.15, 0.2) is 48.5 Å². The van der Waals surface area contributed by atoms with Crippen LogP contribution in [0.3, 0.4) is 0 Å². The van der Waals surface area contributed by atoms with Crippen molar-refractivity contribution in [3.63, 3.8) is 0 Å². The third-order valence-corrected chi connectivity index (χ3v) is 3.24. The number of halogens is 1. The summed E-state index contributed by atoms with van der Waals surface area (Å²) in [5, 5.41) is 13.5. The summed E-state index contributed by atoms with van der Waals surface area (Å²) >= 11 is 6.15. The van der Waals surface area contributed by atoms with Crippen molar-refractivity contribution < 1.29 is 5.11 Å². The van der Waals surface area contributed by atoms with E-state index in [2.05, 4.69) is 12.2 Å². The van der Waals surface area contributed by atoms with Gasteiger partial charge in [-0.25, -0.2) is 0 Å². The molecule has 3 heteroatoms. The molecule has 2 rings (SSSR count). The van der Waals surface area contributed by atoms with Gasteiger partial charge in [-0.2, -0.15) is 0 Å². The summed E-state index contributed by atoms with van der Waals surface area (Å²) in [6, 6.07) is 15.2. The second kappa shape index (κ2) is 5.89. The van der Waals surface area contributed by atoms with Crippen LogP contribution >= 0.6 is 11.6 Å². The Morgan fingerprint density at radius 2 is 1.94 bits per heavy atom. The lowest BCUT2D eigenvalue weighted by atomic mass is 10.1. The normalized spacial score (nSPS) is 12.3. The van der Waals surface area contributed by atoms with Gasteiger partial charge in [0.1, 0.15) is 5.75 Å². The molecule has 0 saturated heterocycles. The summed E-state index contributed by atoms with van der Waals surface area (Å²) in [6.07, 6.45) is 0. The monoisotopic (exact) mass is 261 g/mol. The second-order valence-corrected chi connectivity index (χ2v) is 4.70. The standard InChI is InChI=1S/C15H16ClNO/c1-11(14-7-2-3-8-15(14)16)17-10-12-5-4-6-13(18)9-12/h2-9,11,17-18H,10H2,1H3/t11-/m0/s1. The highest BCUT2D eigenvalue weighted by molar-refractivity contribution is 6.31. The van der Waals surface area contributed by atoms with E-state index in [0.29, 0.717) is 12.3 Å². The Morgan fingerprint density at radius 3 is 2.67 bits per heavy atom. The molecule has 0 saturated carbocycles. The zero-order chi connectivity index (χ0) is 13.0. The summed E-state index contributed by atoms with van der Waals surface area (Å²) < 4.78 is 0. The third kappa shape index (κ3) is 3.25. The van der Waals surface area contributed by atoms with Gasteiger partial charge in [-0.3, -0.25) is 0 Å². The molecule has 0 aliphatic rings. The number of phenolic OH excluding ortho intramolecular Hbond substituents is 1. The van der Waals surface area contributed by atoms with Crippen LogP contribution in [0.2, 0.25) is 5.02 Å². The highest BCUT2D eigenvalue weighted by Gasteiger charge is 2.08. The van der Waals surface area contributed by atoms with Crippen LogP contribution in [0.4, 0.5) is 0 Å². The summed E-state index contributed by atoms with van der Waals surface area (Å²) in [4.78, 5) is 0. The first-order valence-corrected chi connectivity index (χ1v) is 6.30. The number of phenols is 1. The lowest BCUT2D eigenvalue weighted by Crippen LogP contribution is -2.18. The minimum absolute atomic E-state index is 0.168. The van der Waals surface area contributed by atoms with Crippen LogP contribution in [0.5, 0.6) is 5.75 Å². The highest BCUT2D eigenvalue weighted by atomic mass is 35.5. The van der Waals surface area contributed by atoms with E-state index >= 15 is 0 Å². The minimum atomic E-state index is 0.168. The van der Waals surface area contributed by atoms with E-state index in [4.69, 9.17) is 11.6 Å². The molecule has 2 aromatic rings. The Labute approximate surface area is 112 Å². The van der Waals surface area contributed by atoms with Crippen molar-refractivity contribution in [3.8, 4) is 5.75 Å². The molecule has 0 aliphatic carbocycles. The molecule has 0 fully saturated rings. The predicted molar refractivity (Wildman–Crippen MR) is 74.8 cm³/mol. The van der Waals surface area contributed by atoms with E-state index in [1.807, 2.05) is 36.4 Å². The van der Waals surface area contributed by atoms with Crippen LogP contribution in [-0.2, 0) is 6.54 Å². The van der Waals surface area contributed by atoms with Gasteiger partial charge in [-0.05, 0) is 36.2 Å².